The third-order valence-corrected chi connectivity index (χ3v) is 3.44. The minimum Gasteiger partial charge on any atom is -0.409 e. The number of carbonyl (C=O) groups is 3. The van der Waals surface area contributed by atoms with Crippen LogP contribution in [0.5, 0.6) is 0 Å². The summed E-state index contributed by atoms with van der Waals surface area (Å²) in [5, 5.41) is 13.7. The second-order valence-corrected chi connectivity index (χ2v) is 4.59. The zero-order chi connectivity index (χ0) is 13.5. The number of hydrogen-bond acceptors (Lipinski definition) is 5. The molecule has 0 radical (unpaired) electrons. The summed E-state index contributed by atoms with van der Waals surface area (Å²) >= 11 is 0. The fourth-order valence-electron chi connectivity index (χ4n) is 2.04. The Morgan fingerprint density at radius 2 is 2.17 bits per heavy atom. The van der Waals surface area contributed by atoms with Crippen molar-refractivity contribution in [3.05, 3.63) is 0 Å². The topological polar surface area (TPSA) is 125 Å². The first kappa shape index (κ1) is 12.3. The molecule has 0 spiro atoms. The number of rotatable bonds is 2. The Bertz CT molecular complexity index is 455. The Morgan fingerprint density at radius 3 is 2.67 bits per heavy atom. The predicted octanol–water partition coefficient (Wildman–Crippen LogP) is -1.61. The van der Waals surface area contributed by atoms with E-state index in [0.717, 1.165) is 0 Å². The van der Waals surface area contributed by atoms with Gasteiger partial charge >= 0.3 is 0 Å². The molecule has 0 aromatic rings. The van der Waals surface area contributed by atoms with E-state index in [1.165, 1.54) is 11.8 Å². The summed E-state index contributed by atoms with van der Waals surface area (Å²) in [5.74, 6) is -1.65. The fourth-order valence-corrected chi connectivity index (χ4v) is 2.04. The number of hydrogen-bond donors (Lipinski definition) is 3. The highest BCUT2D eigenvalue weighted by Crippen LogP contribution is 2.47. The van der Waals surface area contributed by atoms with E-state index in [2.05, 4.69) is 10.5 Å². The van der Waals surface area contributed by atoms with Gasteiger partial charge in [0.2, 0.25) is 17.7 Å². The van der Waals surface area contributed by atoms with Gasteiger partial charge in [-0.15, -0.1) is 0 Å². The molecule has 3 amide bonds. The van der Waals surface area contributed by atoms with E-state index in [0.29, 0.717) is 12.8 Å². The molecule has 0 aromatic heterocycles. The molecule has 1 heterocycles. The lowest BCUT2D eigenvalue weighted by atomic mass is 10.0. The number of carbonyl (C=O) groups excluding carboxylic acids is 3. The third kappa shape index (κ3) is 1.69. The first-order chi connectivity index (χ1) is 8.42. The van der Waals surface area contributed by atoms with Crippen molar-refractivity contribution in [3.8, 4) is 0 Å². The van der Waals surface area contributed by atoms with Crippen LogP contribution in [-0.4, -0.2) is 46.3 Å². The van der Waals surface area contributed by atoms with Crippen LogP contribution in [0.25, 0.3) is 0 Å². The Balaban J connectivity index is 2.23. The molecule has 8 nitrogen and oxygen atoms in total. The van der Waals surface area contributed by atoms with Crippen molar-refractivity contribution >= 4 is 23.6 Å². The maximum Gasteiger partial charge on any atom is 0.249 e. The summed E-state index contributed by atoms with van der Waals surface area (Å²) in [6, 6.07) is -0.737. The Kier molecular flexibility index (Phi) is 2.72. The highest BCUT2D eigenvalue weighted by molar-refractivity contribution is 6.12. The summed E-state index contributed by atoms with van der Waals surface area (Å²) in [6.45, 7) is 1.34. The van der Waals surface area contributed by atoms with Crippen LogP contribution in [0.3, 0.4) is 0 Å². The summed E-state index contributed by atoms with van der Waals surface area (Å²) in [6.07, 6.45) is 0.918. The third-order valence-electron chi connectivity index (χ3n) is 3.44. The van der Waals surface area contributed by atoms with E-state index in [1.807, 2.05) is 0 Å². The maximum absolute atomic E-state index is 12.3. The van der Waals surface area contributed by atoms with E-state index < -0.39 is 29.2 Å². The van der Waals surface area contributed by atoms with Gasteiger partial charge in [0, 0.05) is 0 Å². The van der Waals surface area contributed by atoms with Gasteiger partial charge in [-0.05, 0) is 19.8 Å². The first-order valence-electron chi connectivity index (χ1n) is 5.55. The van der Waals surface area contributed by atoms with Crippen molar-refractivity contribution in [1.29, 1.82) is 0 Å². The smallest absolute Gasteiger partial charge is 0.249 e. The molecule has 8 heteroatoms. The lowest BCUT2D eigenvalue weighted by Gasteiger charge is -2.34. The van der Waals surface area contributed by atoms with Crippen LogP contribution in [0.2, 0.25) is 0 Å². The molecule has 1 unspecified atom stereocenters. The highest BCUT2D eigenvalue weighted by atomic mass is 16.4. The average Bonchev–Trinajstić information content (AvgIpc) is 3.13. The number of piperazine rings is 1. The van der Waals surface area contributed by atoms with Gasteiger partial charge in [-0.2, -0.15) is 0 Å². The Hall–Kier alpha value is -2.12. The van der Waals surface area contributed by atoms with Crippen LogP contribution in [0.1, 0.15) is 19.8 Å². The molecule has 2 aliphatic rings. The molecule has 1 atom stereocenters. The van der Waals surface area contributed by atoms with Crippen molar-refractivity contribution in [2.75, 3.05) is 6.54 Å². The van der Waals surface area contributed by atoms with Crippen LogP contribution < -0.4 is 11.1 Å². The molecule has 1 saturated heterocycles. The zero-order valence-corrected chi connectivity index (χ0v) is 9.84. The van der Waals surface area contributed by atoms with Gasteiger partial charge in [-0.1, -0.05) is 5.16 Å². The number of nitrogens with zero attached hydrogens (tertiary/aromatic N) is 2. The van der Waals surface area contributed by atoms with Crippen molar-refractivity contribution in [1.82, 2.24) is 10.2 Å². The first-order valence-corrected chi connectivity index (χ1v) is 5.55. The van der Waals surface area contributed by atoms with Crippen LogP contribution >= 0.6 is 0 Å². The van der Waals surface area contributed by atoms with Crippen molar-refractivity contribution in [3.63, 3.8) is 0 Å². The summed E-state index contributed by atoms with van der Waals surface area (Å²) < 4.78 is 0. The minimum absolute atomic E-state index is 0.168. The quantitative estimate of drug-likeness (QED) is 0.180. The van der Waals surface area contributed by atoms with Gasteiger partial charge in [0.05, 0.1) is 0 Å². The molecule has 1 aliphatic carbocycles. The molecule has 2 rings (SSSR count). The summed E-state index contributed by atoms with van der Waals surface area (Å²) in [4.78, 5) is 36.2. The Labute approximate surface area is 103 Å². The largest absolute Gasteiger partial charge is 0.409 e. The lowest BCUT2D eigenvalue weighted by Crippen LogP contribution is -2.61. The van der Waals surface area contributed by atoms with Gasteiger partial charge in [-0.3, -0.25) is 19.7 Å². The van der Waals surface area contributed by atoms with Crippen LogP contribution in [0.4, 0.5) is 0 Å². The number of nitrogens with two attached hydrogens (primary N) is 1. The number of amides is 3. The van der Waals surface area contributed by atoms with Crippen LogP contribution in [-0.2, 0) is 14.4 Å². The minimum atomic E-state index is -1.04. The molecule has 2 fully saturated rings. The molecule has 0 aromatic carbocycles. The van der Waals surface area contributed by atoms with Crippen molar-refractivity contribution in [2.45, 2.75) is 25.8 Å². The van der Waals surface area contributed by atoms with E-state index >= 15 is 0 Å². The second kappa shape index (κ2) is 3.97. The monoisotopic (exact) mass is 254 g/mol. The molecule has 4 N–H and O–H groups in total. The van der Waals surface area contributed by atoms with E-state index in [9.17, 15) is 14.4 Å². The van der Waals surface area contributed by atoms with E-state index in [1.54, 1.807) is 0 Å². The molecule has 1 aliphatic heterocycles. The van der Waals surface area contributed by atoms with E-state index in [-0.39, 0.29) is 12.4 Å². The number of oxime groups is 1. The lowest BCUT2D eigenvalue weighted by molar-refractivity contribution is -0.151. The van der Waals surface area contributed by atoms with E-state index in [4.69, 9.17) is 10.9 Å². The second-order valence-electron chi connectivity index (χ2n) is 4.59. The van der Waals surface area contributed by atoms with Crippen LogP contribution in [0.15, 0.2) is 5.16 Å². The van der Waals surface area contributed by atoms with Gasteiger partial charge in [0.15, 0.2) is 5.84 Å². The molecular weight excluding hydrogens is 240 g/mol. The predicted molar refractivity (Wildman–Crippen MR) is 59.4 cm³/mol. The normalized spacial score (nSPS) is 26.8. The van der Waals surface area contributed by atoms with Gasteiger partial charge in [-0.25, -0.2) is 0 Å². The molecular formula is C10H14N4O4. The number of nitrogens with one attached hydrogen (secondary N) is 1. The van der Waals surface area contributed by atoms with Gasteiger partial charge in [0.25, 0.3) is 0 Å². The highest BCUT2D eigenvalue weighted by Gasteiger charge is 2.57. The number of imide groups is 1. The molecule has 18 heavy (non-hydrogen) atoms. The molecule has 1 saturated carbocycles. The zero-order valence-electron chi connectivity index (χ0n) is 9.84. The number of amidine groups is 1. The SMILES string of the molecule is CC1C(=O)NC(=O)CN1C(=O)C1(C(N)=NO)CC1. The summed E-state index contributed by atoms with van der Waals surface area (Å²) in [7, 11) is 0. The van der Waals surface area contributed by atoms with Gasteiger partial charge in [0.1, 0.15) is 18.0 Å². The Morgan fingerprint density at radius 1 is 1.56 bits per heavy atom. The standard InChI is InChI=1S/C10H14N4O4/c1-5-7(16)12-6(15)4-14(5)9(17)10(2-3-10)8(11)13-18/h5,18H,2-4H2,1H3,(H2,11,13)(H,12,15,16). The van der Waals surface area contributed by atoms with Gasteiger partial charge < -0.3 is 15.8 Å². The molecule has 0 bridgehead atoms. The fraction of sp³-hybridized carbons (Fsp3) is 0.600. The van der Waals surface area contributed by atoms with Crippen molar-refractivity contribution in [2.24, 2.45) is 16.3 Å². The maximum atomic E-state index is 12.3. The van der Waals surface area contributed by atoms with Crippen molar-refractivity contribution < 1.29 is 19.6 Å². The molecule has 98 valence electrons. The average molecular weight is 254 g/mol. The van der Waals surface area contributed by atoms with Crippen LogP contribution in [0, 0.1) is 5.41 Å². The summed E-state index contributed by atoms with van der Waals surface area (Å²) in [5.41, 5.74) is 4.46.